The van der Waals surface area contributed by atoms with Crippen molar-refractivity contribution >= 4 is 23.0 Å². The van der Waals surface area contributed by atoms with Crippen molar-refractivity contribution in [3.05, 3.63) is 29.1 Å². The zero-order chi connectivity index (χ0) is 20.3. The van der Waals surface area contributed by atoms with Gasteiger partial charge in [0.05, 0.1) is 17.2 Å². The number of nitrogens with one attached hydrogen (secondary N) is 1. The molecule has 1 amide bonds. The van der Waals surface area contributed by atoms with Crippen molar-refractivity contribution in [3.8, 4) is 5.75 Å². The Morgan fingerprint density at radius 2 is 1.96 bits per heavy atom. The molecule has 150 valence electrons. The quantitative estimate of drug-likeness (QED) is 0.734. The number of ether oxygens (including phenoxy) is 1. The topological polar surface area (TPSA) is 95.9 Å². The maximum absolute atomic E-state index is 14.7. The Morgan fingerprint density at radius 1 is 1.33 bits per heavy atom. The number of nitrogens with zero attached hydrogens (tertiary/aromatic N) is 1. The Bertz CT molecular complexity index is 756. The third-order valence-electron chi connectivity index (χ3n) is 4.67. The van der Waals surface area contributed by atoms with Gasteiger partial charge in [-0.2, -0.15) is 0 Å². The molecule has 2 rings (SSSR count). The van der Waals surface area contributed by atoms with Crippen LogP contribution < -0.4 is 9.46 Å². The SMILES string of the molecule is CC1CCC(Oc2c(C(=O)NS(=O)N(C)C(C)C)ccc(C(=O)O)c2F)C1. The molecule has 1 aromatic rings. The van der Waals surface area contributed by atoms with Gasteiger partial charge in [0.15, 0.2) is 22.7 Å². The van der Waals surface area contributed by atoms with Gasteiger partial charge >= 0.3 is 5.97 Å². The fourth-order valence-electron chi connectivity index (χ4n) is 2.84. The van der Waals surface area contributed by atoms with E-state index in [9.17, 15) is 18.2 Å². The highest BCUT2D eigenvalue weighted by Crippen LogP contribution is 2.33. The zero-order valence-corrected chi connectivity index (χ0v) is 16.6. The molecule has 0 radical (unpaired) electrons. The van der Waals surface area contributed by atoms with Crippen molar-refractivity contribution in [1.29, 1.82) is 0 Å². The fourth-order valence-corrected chi connectivity index (χ4v) is 3.64. The average Bonchev–Trinajstić information content (AvgIpc) is 3.00. The van der Waals surface area contributed by atoms with Crippen molar-refractivity contribution in [1.82, 2.24) is 9.03 Å². The highest BCUT2D eigenvalue weighted by molar-refractivity contribution is 7.81. The number of carbonyl (C=O) groups is 2. The van der Waals surface area contributed by atoms with Crippen LogP contribution in [0.1, 0.15) is 60.7 Å². The van der Waals surface area contributed by atoms with Gasteiger partial charge in [0.2, 0.25) is 0 Å². The molecular formula is C18H25FN2O5S. The smallest absolute Gasteiger partial charge is 0.338 e. The zero-order valence-electron chi connectivity index (χ0n) is 15.8. The van der Waals surface area contributed by atoms with E-state index < -0.39 is 40.2 Å². The number of benzene rings is 1. The number of aromatic carboxylic acids is 1. The van der Waals surface area contributed by atoms with Crippen LogP contribution >= 0.6 is 0 Å². The Labute approximate surface area is 160 Å². The van der Waals surface area contributed by atoms with Gasteiger partial charge in [-0.25, -0.2) is 17.7 Å². The molecule has 9 heteroatoms. The minimum absolute atomic E-state index is 0.0899. The van der Waals surface area contributed by atoms with Crippen LogP contribution in [0.25, 0.3) is 0 Å². The van der Waals surface area contributed by atoms with Crippen LogP contribution in [-0.2, 0) is 11.2 Å². The van der Waals surface area contributed by atoms with Crippen molar-refractivity contribution in [2.45, 2.75) is 52.2 Å². The summed E-state index contributed by atoms with van der Waals surface area (Å²) in [6.07, 6.45) is 2.00. The molecule has 0 heterocycles. The van der Waals surface area contributed by atoms with E-state index in [0.29, 0.717) is 18.8 Å². The van der Waals surface area contributed by atoms with Crippen molar-refractivity contribution in [2.24, 2.45) is 5.92 Å². The molecule has 0 saturated heterocycles. The molecule has 7 nitrogen and oxygen atoms in total. The van der Waals surface area contributed by atoms with Crippen LogP contribution in [0, 0.1) is 11.7 Å². The number of hydrogen-bond acceptors (Lipinski definition) is 4. The van der Waals surface area contributed by atoms with E-state index in [1.807, 2.05) is 6.92 Å². The average molecular weight is 400 g/mol. The number of carboxylic acids is 1. The number of carboxylic acid groups (broad SMARTS) is 1. The van der Waals surface area contributed by atoms with Gasteiger partial charge in [-0.05, 0) is 51.2 Å². The molecule has 1 aliphatic carbocycles. The number of rotatable bonds is 7. The Balaban J connectivity index is 2.33. The second-order valence-electron chi connectivity index (χ2n) is 7.09. The van der Waals surface area contributed by atoms with E-state index in [2.05, 4.69) is 4.72 Å². The first-order valence-electron chi connectivity index (χ1n) is 8.80. The van der Waals surface area contributed by atoms with Crippen LogP contribution in [0.15, 0.2) is 12.1 Å². The second kappa shape index (κ2) is 8.79. The van der Waals surface area contributed by atoms with Crippen LogP contribution in [-0.4, -0.2) is 44.7 Å². The van der Waals surface area contributed by atoms with E-state index in [1.54, 1.807) is 20.9 Å². The van der Waals surface area contributed by atoms with Crippen molar-refractivity contribution < 1.29 is 28.0 Å². The van der Waals surface area contributed by atoms with Crippen LogP contribution in [0.2, 0.25) is 0 Å². The van der Waals surface area contributed by atoms with Gasteiger partial charge in [0, 0.05) is 13.1 Å². The first-order chi connectivity index (χ1) is 12.6. The van der Waals surface area contributed by atoms with Crippen molar-refractivity contribution in [3.63, 3.8) is 0 Å². The van der Waals surface area contributed by atoms with Gasteiger partial charge in [0.1, 0.15) is 0 Å². The lowest BCUT2D eigenvalue weighted by molar-refractivity contribution is 0.0688. The predicted octanol–water partition coefficient (Wildman–Crippen LogP) is 2.74. The minimum Gasteiger partial charge on any atom is -0.486 e. The first kappa shape index (κ1) is 21.3. The van der Waals surface area contributed by atoms with E-state index >= 15 is 0 Å². The molecule has 0 spiro atoms. The molecule has 1 fully saturated rings. The molecule has 3 atom stereocenters. The van der Waals surface area contributed by atoms with Crippen LogP contribution in [0.5, 0.6) is 5.75 Å². The third-order valence-corrected chi connectivity index (χ3v) is 5.98. The lowest BCUT2D eigenvalue weighted by atomic mass is 10.1. The molecule has 3 unspecified atom stereocenters. The Hall–Kier alpha value is -2.00. The Kier molecular flexibility index (Phi) is 6.94. The molecule has 0 aliphatic heterocycles. The summed E-state index contributed by atoms with van der Waals surface area (Å²) in [5.74, 6) is -3.34. The van der Waals surface area contributed by atoms with E-state index in [1.165, 1.54) is 10.4 Å². The molecule has 0 aromatic heterocycles. The van der Waals surface area contributed by atoms with Crippen LogP contribution in [0.4, 0.5) is 4.39 Å². The molecule has 1 aliphatic rings. The maximum atomic E-state index is 14.7. The van der Waals surface area contributed by atoms with Gasteiger partial charge < -0.3 is 9.84 Å². The first-order valence-corrected chi connectivity index (χ1v) is 9.90. The molecule has 1 saturated carbocycles. The highest BCUT2D eigenvalue weighted by atomic mass is 32.2. The summed E-state index contributed by atoms with van der Waals surface area (Å²) in [6, 6.07) is 2.10. The van der Waals surface area contributed by atoms with Gasteiger partial charge in [-0.3, -0.25) is 9.52 Å². The van der Waals surface area contributed by atoms with E-state index in [0.717, 1.165) is 12.5 Å². The van der Waals surface area contributed by atoms with Gasteiger partial charge in [0.25, 0.3) is 5.91 Å². The minimum atomic E-state index is -1.82. The fraction of sp³-hybridized carbons (Fsp3) is 0.556. The summed E-state index contributed by atoms with van der Waals surface area (Å²) in [6.45, 7) is 5.66. The largest absolute Gasteiger partial charge is 0.486 e. The second-order valence-corrected chi connectivity index (χ2v) is 8.37. The summed E-state index contributed by atoms with van der Waals surface area (Å²) >= 11 is -1.82. The number of carbonyl (C=O) groups excluding carboxylic acids is 1. The maximum Gasteiger partial charge on any atom is 0.338 e. The highest BCUT2D eigenvalue weighted by Gasteiger charge is 2.29. The normalized spacial score (nSPS) is 20.7. The number of halogens is 1. The summed E-state index contributed by atoms with van der Waals surface area (Å²) in [5.41, 5.74) is -0.754. The standard InChI is InChI=1S/C18H25FN2O5S/c1-10(2)21(4)27(25)20-17(22)14-8-7-13(18(23)24)15(19)16(14)26-12-6-5-11(3)9-12/h7-8,10-12H,5-6,9H2,1-4H3,(H,20,22)(H,23,24). The lowest BCUT2D eigenvalue weighted by Gasteiger charge is -2.21. The molecule has 27 heavy (non-hydrogen) atoms. The van der Waals surface area contributed by atoms with E-state index in [4.69, 9.17) is 9.84 Å². The Morgan fingerprint density at radius 3 is 2.48 bits per heavy atom. The summed E-state index contributed by atoms with van der Waals surface area (Å²) < 4.78 is 36.4. The molecule has 0 bridgehead atoms. The number of amides is 1. The monoisotopic (exact) mass is 400 g/mol. The van der Waals surface area contributed by atoms with Crippen LogP contribution in [0.3, 0.4) is 0 Å². The van der Waals surface area contributed by atoms with Gasteiger partial charge in [-0.1, -0.05) is 6.92 Å². The summed E-state index contributed by atoms with van der Waals surface area (Å²) in [5, 5.41) is 9.15. The number of hydrogen-bond donors (Lipinski definition) is 2. The third kappa shape index (κ3) is 5.04. The summed E-state index contributed by atoms with van der Waals surface area (Å²) in [4.78, 5) is 23.8. The van der Waals surface area contributed by atoms with E-state index in [-0.39, 0.29) is 17.7 Å². The molecule has 1 aromatic carbocycles. The van der Waals surface area contributed by atoms with Crippen molar-refractivity contribution in [2.75, 3.05) is 7.05 Å². The predicted molar refractivity (Wildman–Crippen MR) is 99.3 cm³/mol. The summed E-state index contributed by atoms with van der Waals surface area (Å²) in [7, 11) is 1.58. The lowest BCUT2D eigenvalue weighted by Crippen LogP contribution is -2.39. The molecular weight excluding hydrogens is 375 g/mol. The van der Waals surface area contributed by atoms with Gasteiger partial charge in [-0.15, -0.1) is 0 Å². The molecule has 2 N–H and O–H groups in total.